The number of fused-ring (bicyclic) bond motifs is 3. The maximum absolute atomic E-state index is 6.20. The first kappa shape index (κ1) is 28.3. The number of ether oxygens (including phenoxy) is 1. The van der Waals surface area contributed by atoms with Crippen LogP contribution >= 0.6 is 0 Å². The Morgan fingerprint density at radius 2 is 2.00 bits per heavy atom. The van der Waals surface area contributed by atoms with Gasteiger partial charge < -0.3 is 20.8 Å². The predicted molar refractivity (Wildman–Crippen MR) is 167 cm³/mol. The third kappa shape index (κ3) is 7.10. The van der Waals surface area contributed by atoms with Crippen molar-refractivity contribution >= 4 is 17.4 Å². The van der Waals surface area contributed by atoms with E-state index in [2.05, 4.69) is 61.9 Å². The number of allylic oxidation sites excluding steroid dienone is 1. The zero-order valence-electron chi connectivity index (χ0n) is 24.2. The van der Waals surface area contributed by atoms with Gasteiger partial charge in [-0.25, -0.2) is 9.98 Å². The second kappa shape index (κ2) is 13.0. The summed E-state index contributed by atoms with van der Waals surface area (Å²) in [6.45, 7) is 9.90. The summed E-state index contributed by atoms with van der Waals surface area (Å²) in [5, 5.41) is 0. The van der Waals surface area contributed by atoms with E-state index < -0.39 is 0 Å². The summed E-state index contributed by atoms with van der Waals surface area (Å²) in [5.74, 6) is 2.57. The lowest BCUT2D eigenvalue weighted by Crippen LogP contribution is -2.37. The first-order valence-electron chi connectivity index (χ1n) is 14.4. The fraction of sp³-hybridized carbons (Fsp3) is 0.375. The fourth-order valence-corrected chi connectivity index (χ4v) is 5.34. The van der Waals surface area contributed by atoms with Crippen molar-refractivity contribution in [2.45, 2.75) is 58.8 Å². The Kier molecular flexibility index (Phi) is 8.94. The lowest BCUT2D eigenvalue weighted by molar-refractivity contribution is 0.202. The van der Waals surface area contributed by atoms with Gasteiger partial charge in [0.05, 0.1) is 29.7 Å². The van der Waals surface area contributed by atoms with Crippen LogP contribution in [0.1, 0.15) is 50.4 Å². The molecule has 1 fully saturated rings. The van der Waals surface area contributed by atoms with Gasteiger partial charge in [-0.2, -0.15) is 0 Å². The average Bonchev–Trinajstić information content (AvgIpc) is 3.29. The minimum absolute atomic E-state index is 0.0654. The molecule has 2 aliphatic heterocycles. The summed E-state index contributed by atoms with van der Waals surface area (Å²) < 4.78 is 8.30. The molecular weight excluding hydrogens is 512 g/mol. The molecule has 0 saturated carbocycles. The van der Waals surface area contributed by atoms with Gasteiger partial charge in [-0.05, 0) is 70.1 Å². The van der Waals surface area contributed by atoms with E-state index in [1.807, 2.05) is 32.2 Å². The zero-order chi connectivity index (χ0) is 28.8. The van der Waals surface area contributed by atoms with E-state index in [0.29, 0.717) is 30.5 Å². The van der Waals surface area contributed by atoms with Crippen LogP contribution in [-0.4, -0.2) is 63.6 Å². The van der Waals surface area contributed by atoms with Gasteiger partial charge in [-0.15, -0.1) is 0 Å². The number of benzene rings is 2. The van der Waals surface area contributed by atoms with Gasteiger partial charge in [0, 0.05) is 30.9 Å². The van der Waals surface area contributed by atoms with E-state index >= 15 is 0 Å². The Hall–Kier alpha value is -4.24. The zero-order valence-corrected chi connectivity index (χ0v) is 24.2. The number of rotatable bonds is 7. The van der Waals surface area contributed by atoms with Crippen molar-refractivity contribution in [2.24, 2.45) is 26.4 Å². The average molecular weight is 553 g/mol. The Bertz CT molecular complexity index is 1460. The summed E-state index contributed by atoms with van der Waals surface area (Å²) >= 11 is 0. The van der Waals surface area contributed by atoms with Gasteiger partial charge in [0.2, 0.25) is 0 Å². The summed E-state index contributed by atoms with van der Waals surface area (Å²) in [7, 11) is 0. The molecule has 3 aromatic rings. The molecule has 1 saturated heterocycles. The minimum atomic E-state index is 0.0654. The maximum atomic E-state index is 6.20. The van der Waals surface area contributed by atoms with E-state index in [9.17, 15) is 0 Å². The SMILES string of the molecule is CC(N)=NC(=NC(C)C)c1cn2c(n1)-c1ccc(C(C=CN)=NC3CCCN(Cc4ccccc4)C3)cc1OCC2. The number of nitrogens with zero attached hydrogens (tertiary/aromatic N) is 6. The number of hydrogen-bond donors (Lipinski definition) is 2. The first-order valence-corrected chi connectivity index (χ1v) is 14.4. The van der Waals surface area contributed by atoms with Crippen molar-refractivity contribution in [3.8, 4) is 17.1 Å². The van der Waals surface area contributed by atoms with Gasteiger partial charge in [0.15, 0.2) is 5.84 Å². The van der Waals surface area contributed by atoms with Crippen molar-refractivity contribution in [3.05, 3.63) is 83.8 Å². The summed E-state index contributed by atoms with van der Waals surface area (Å²) in [6, 6.07) is 17.1. The van der Waals surface area contributed by atoms with Crippen LogP contribution in [0.25, 0.3) is 11.4 Å². The Morgan fingerprint density at radius 1 is 1.17 bits per heavy atom. The molecule has 0 amide bonds. The largest absolute Gasteiger partial charge is 0.491 e. The molecule has 9 nitrogen and oxygen atoms in total. The topological polar surface area (TPSA) is 119 Å². The number of piperidine rings is 1. The van der Waals surface area contributed by atoms with Crippen LogP contribution in [0.5, 0.6) is 5.75 Å². The fourth-order valence-electron chi connectivity index (χ4n) is 5.34. The van der Waals surface area contributed by atoms with Crippen molar-refractivity contribution in [2.75, 3.05) is 19.7 Å². The first-order chi connectivity index (χ1) is 19.9. The monoisotopic (exact) mass is 552 g/mol. The van der Waals surface area contributed by atoms with E-state index in [0.717, 1.165) is 60.9 Å². The molecular formula is C32H40N8O. The Morgan fingerprint density at radius 3 is 2.76 bits per heavy atom. The highest BCUT2D eigenvalue weighted by molar-refractivity contribution is 6.09. The molecule has 0 aliphatic carbocycles. The number of nitrogens with two attached hydrogens (primary N) is 2. The van der Waals surface area contributed by atoms with Crippen LogP contribution in [0.3, 0.4) is 0 Å². The Labute approximate surface area is 242 Å². The second-order valence-electron chi connectivity index (χ2n) is 10.9. The highest BCUT2D eigenvalue weighted by Crippen LogP contribution is 2.33. The third-order valence-corrected chi connectivity index (χ3v) is 7.08. The van der Waals surface area contributed by atoms with Gasteiger partial charge in [0.1, 0.15) is 23.9 Å². The smallest absolute Gasteiger partial charge is 0.177 e. The molecule has 0 bridgehead atoms. The standard InChI is InChI=1S/C32H40N8O/c1-22(2)35-31(36-23(3)34)29-21-40-16-17-41-30-18-25(11-12-27(30)32(40)38-29)28(13-14-33)37-26-10-7-15-39(20-26)19-24-8-5-4-6-9-24/h4-6,8-9,11-14,18,21-22,26H,7,10,15-17,19-20,33H2,1-3H3,(H2,34,35,36). The van der Waals surface area contributed by atoms with E-state index in [1.165, 1.54) is 5.56 Å². The van der Waals surface area contributed by atoms with Gasteiger partial charge in [-0.3, -0.25) is 14.9 Å². The highest BCUT2D eigenvalue weighted by Gasteiger charge is 2.23. The molecule has 4 N–H and O–H groups in total. The van der Waals surface area contributed by atoms with Crippen molar-refractivity contribution in [1.82, 2.24) is 14.5 Å². The van der Waals surface area contributed by atoms with Crippen LogP contribution in [0.15, 0.2) is 82.0 Å². The molecule has 2 aliphatic rings. The molecule has 5 rings (SSSR count). The molecule has 1 aromatic heterocycles. The number of aromatic nitrogens is 2. The molecule has 214 valence electrons. The summed E-state index contributed by atoms with van der Waals surface area (Å²) in [6.07, 6.45) is 7.60. The molecule has 9 heteroatoms. The quantitative estimate of drug-likeness (QED) is 0.333. The molecule has 0 radical (unpaired) electrons. The number of imidazole rings is 1. The van der Waals surface area contributed by atoms with Crippen LogP contribution in [-0.2, 0) is 13.1 Å². The van der Waals surface area contributed by atoms with Gasteiger partial charge in [-0.1, -0.05) is 36.4 Å². The van der Waals surface area contributed by atoms with Gasteiger partial charge >= 0.3 is 0 Å². The molecule has 0 spiro atoms. The molecule has 1 unspecified atom stereocenters. The third-order valence-electron chi connectivity index (χ3n) is 7.08. The number of amidine groups is 2. The molecule has 1 atom stereocenters. The maximum Gasteiger partial charge on any atom is 0.177 e. The molecule has 2 aromatic carbocycles. The molecule has 41 heavy (non-hydrogen) atoms. The number of likely N-dealkylation sites (tertiary alicyclic amines) is 1. The summed E-state index contributed by atoms with van der Waals surface area (Å²) in [4.78, 5) is 21.7. The summed E-state index contributed by atoms with van der Waals surface area (Å²) in [5.41, 5.74) is 16.5. The van der Waals surface area contributed by atoms with E-state index in [-0.39, 0.29) is 12.1 Å². The number of aliphatic imine (C=N–C) groups is 3. The van der Waals surface area contributed by atoms with Crippen molar-refractivity contribution < 1.29 is 4.74 Å². The van der Waals surface area contributed by atoms with Crippen LogP contribution in [0.2, 0.25) is 0 Å². The lowest BCUT2D eigenvalue weighted by Gasteiger charge is -2.31. The van der Waals surface area contributed by atoms with Crippen molar-refractivity contribution in [3.63, 3.8) is 0 Å². The number of hydrogen-bond acceptors (Lipinski definition) is 6. The Balaban J connectivity index is 1.42. The normalized spacial score (nSPS) is 18.7. The van der Waals surface area contributed by atoms with Crippen molar-refractivity contribution in [1.29, 1.82) is 0 Å². The van der Waals surface area contributed by atoms with E-state index in [4.69, 9.17) is 26.2 Å². The highest BCUT2D eigenvalue weighted by atomic mass is 16.5. The predicted octanol–water partition coefficient (Wildman–Crippen LogP) is 4.40. The lowest BCUT2D eigenvalue weighted by atomic mass is 10.0. The molecule has 3 heterocycles. The van der Waals surface area contributed by atoms with Crippen LogP contribution < -0.4 is 16.2 Å². The van der Waals surface area contributed by atoms with Gasteiger partial charge in [0.25, 0.3) is 0 Å². The van der Waals surface area contributed by atoms with E-state index in [1.54, 1.807) is 13.1 Å². The van der Waals surface area contributed by atoms with Crippen LogP contribution in [0, 0.1) is 0 Å². The second-order valence-corrected chi connectivity index (χ2v) is 10.9. The van der Waals surface area contributed by atoms with Crippen LogP contribution in [0.4, 0.5) is 0 Å². The minimum Gasteiger partial charge on any atom is -0.491 e.